The molecule has 25 heteroatoms. The van der Waals surface area contributed by atoms with Crippen molar-refractivity contribution in [3.8, 4) is 23.0 Å². The van der Waals surface area contributed by atoms with Crippen LogP contribution in [0.4, 0.5) is 32.6 Å². The summed E-state index contributed by atoms with van der Waals surface area (Å²) in [6, 6.07) is 13.1. The lowest BCUT2D eigenvalue weighted by molar-refractivity contribution is 0.113. The van der Waals surface area contributed by atoms with E-state index in [1.807, 2.05) is 20.8 Å². The van der Waals surface area contributed by atoms with Gasteiger partial charge in [-0.2, -0.15) is 0 Å². The minimum atomic E-state index is -0.337. The fourth-order valence-electron chi connectivity index (χ4n) is 12.4. The van der Waals surface area contributed by atoms with E-state index in [0.29, 0.717) is 36.9 Å². The van der Waals surface area contributed by atoms with Gasteiger partial charge in [0.2, 0.25) is 5.95 Å². The molecule has 3 aliphatic heterocycles. The number of fused-ring (bicyclic) bond motifs is 3. The molecule has 3 aromatic carbocycles. The molecule has 4 aromatic heterocycles. The number of nitrogens with zero attached hydrogens (tertiary/aromatic N) is 11. The molecule has 3 saturated carbocycles. The zero-order chi connectivity index (χ0) is 63.4. The average molecular weight is 1270 g/mol. The lowest BCUT2D eigenvalue weighted by atomic mass is 9.93. The van der Waals surface area contributed by atoms with E-state index in [9.17, 15) is 9.59 Å². The number of anilines is 4. The number of carbonyl (C=O) groups is 2. The van der Waals surface area contributed by atoms with Crippen molar-refractivity contribution in [2.24, 2.45) is 5.92 Å². The largest absolute Gasteiger partial charge is 0.494 e. The quantitative estimate of drug-likeness (QED) is 0.0766. The molecule has 3 aliphatic carbocycles. The Hall–Kier alpha value is -8.42. The first kappa shape index (κ1) is 65.1. The average Bonchev–Trinajstić information content (AvgIpc) is 1.18. The minimum Gasteiger partial charge on any atom is -0.494 e. The smallest absolute Gasteiger partial charge is 0.407 e. The first-order chi connectivity index (χ1) is 45.1. The summed E-state index contributed by atoms with van der Waals surface area (Å²) in [5, 5.41) is 9.34. The highest BCUT2D eigenvalue weighted by atomic mass is 16.6. The predicted molar refractivity (Wildman–Crippen MR) is 349 cm³/mol. The fourth-order valence-corrected chi connectivity index (χ4v) is 12.4. The molecule has 7 aromatic rings. The van der Waals surface area contributed by atoms with Crippen LogP contribution in [0.2, 0.25) is 0 Å². The maximum absolute atomic E-state index is 11.9. The number of aromatic nitrogens is 8. The van der Waals surface area contributed by atoms with Crippen LogP contribution >= 0.6 is 0 Å². The Morgan fingerprint density at radius 3 is 1.17 bits per heavy atom. The van der Waals surface area contributed by atoms with Crippen molar-refractivity contribution in [1.29, 1.82) is 0 Å². The summed E-state index contributed by atoms with van der Waals surface area (Å²) in [6.07, 6.45) is 24.2. The summed E-state index contributed by atoms with van der Waals surface area (Å²) in [6.45, 7) is 16.2. The van der Waals surface area contributed by atoms with Gasteiger partial charge in [-0.1, -0.05) is 13.8 Å². The number of alkyl carbamates (subject to hydrolysis) is 2. The van der Waals surface area contributed by atoms with Gasteiger partial charge in [-0.05, 0) is 108 Å². The number of methoxy groups -OCH3 is 1. The molecule has 492 valence electrons. The zero-order valence-electron chi connectivity index (χ0n) is 53.4. The number of nitrogens with one attached hydrogen (secondary N) is 3. The van der Waals surface area contributed by atoms with E-state index in [2.05, 4.69) is 107 Å². The summed E-state index contributed by atoms with van der Waals surface area (Å²) in [5.74, 6) is 3.99. The molecule has 6 aliphatic rings. The summed E-state index contributed by atoms with van der Waals surface area (Å²) in [7, 11) is 1.61. The normalized spacial score (nSPS) is 21.8. The lowest BCUT2D eigenvalue weighted by Crippen LogP contribution is -2.40. The van der Waals surface area contributed by atoms with Crippen molar-refractivity contribution >= 4 is 68.3 Å². The standard InChI is InChI=1S/C23H28N6O3.C23H32N4O4.C21H28N4O4/c1-30-19-14-26-23(27-15-19)28-16-2-4-18(5-3-16)32-21-13-17(29-8-10-31-11-9-29)12-20-22(21)25-7-6-24-20;1-16(2)15-30-23(28)26-17-3-5-19(6-4-17)31-21-14-18(27-9-11-29-12-10-27)13-20-22(21)25-8-7-24-20;1-2-28-21(26)24-15-3-5-17(6-4-15)29-19-14-16(25-9-11-27-12-10-25)13-18-20(19)23-8-7-22-18/h6-7,12-16,18H,2-5,8-11H2,1H3,(H,26,27,28);7-8,13-14,16-17,19H,3-6,9-12,15H2,1-2H3,(H,26,28);7-8,13-15,17H,2-6,9-12H2,1H3,(H,24,26). The van der Waals surface area contributed by atoms with Crippen LogP contribution in [0.1, 0.15) is 97.8 Å². The third-order valence-corrected chi connectivity index (χ3v) is 17.3. The fraction of sp³-hybridized carbons (Fsp3) is 0.552. The van der Waals surface area contributed by atoms with Gasteiger partial charge in [-0.15, -0.1) is 0 Å². The second kappa shape index (κ2) is 32.7. The Bertz CT molecular complexity index is 3460. The van der Waals surface area contributed by atoms with Gasteiger partial charge in [0.05, 0.1) is 107 Å². The van der Waals surface area contributed by atoms with Crippen LogP contribution in [0.3, 0.4) is 0 Å². The summed E-state index contributed by atoms with van der Waals surface area (Å²) >= 11 is 0. The number of hydrogen-bond acceptors (Lipinski definition) is 23. The molecule has 3 N–H and O–H groups in total. The molecule has 7 heterocycles. The van der Waals surface area contributed by atoms with E-state index >= 15 is 0 Å². The van der Waals surface area contributed by atoms with Gasteiger partial charge in [0, 0.05) is 130 Å². The third kappa shape index (κ3) is 18.2. The lowest BCUT2D eigenvalue weighted by Gasteiger charge is -2.31. The monoisotopic (exact) mass is 1260 g/mol. The molecule has 0 radical (unpaired) electrons. The molecule has 0 atom stereocenters. The number of rotatable bonds is 17. The highest BCUT2D eigenvalue weighted by Gasteiger charge is 2.29. The Morgan fingerprint density at radius 2 is 0.826 bits per heavy atom. The van der Waals surface area contributed by atoms with E-state index < -0.39 is 0 Å². The van der Waals surface area contributed by atoms with Gasteiger partial charge in [-0.3, -0.25) is 15.0 Å². The van der Waals surface area contributed by atoms with Crippen molar-refractivity contribution in [2.45, 2.75) is 134 Å². The van der Waals surface area contributed by atoms with E-state index in [4.69, 9.17) is 42.6 Å². The Kier molecular flexibility index (Phi) is 23.2. The highest BCUT2D eigenvalue weighted by Crippen LogP contribution is 2.37. The Balaban J connectivity index is 0.000000142. The van der Waals surface area contributed by atoms with Crippen molar-refractivity contribution < 1.29 is 52.2 Å². The van der Waals surface area contributed by atoms with Crippen LogP contribution < -0.4 is 49.6 Å². The second-order valence-corrected chi connectivity index (χ2v) is 24.3. The molecule has 25 nitrogen and oxygen atoms in total. The summed E-state index contributed by atoms with van der Waals surface area (Å²) in [5.41, 5.74) is 8.23. The number of amides is 2. The maximum atomic E-state index is 11.9. The predicted octanol–water partition coefficient (Wildman–Crippen LogP) is 9.51. The van der Waals surface area contributed by atoms with Crippen LogP contribution in [0.5, 0.6) is 23.0 Å². The van der Waals surface area contributed by atoms with Crippen LogP contribution in [0.15, 0.2) is 86.0 Å². The molecule has 13 rings (SSSR count). The molecule has 2 amide bonds. The van der Waals surface area contributed by atoms with Crippen molar-refractivity contribution in [3.63, 3.8) is 0 Å². The summed E-state index contributed by atoms with van der Waals surface area (Å²) in [4.78, 5) is 66.2. The van der Waals surface area contributed by atoms with Gasteiger partial charge in [0.25, 0.3) is 0 Å². The second-order valence-electron chi connectivity index (χ2n) is 24.3. The van der Waals surface area contributed by atoms with Gasteiger partial charge in [0.15, 0.2) is 5.75 Å². The Morgan fingerprint density at radius 1 is 0.478 bits per heavy atom. The van der Waals surface area contributed by atoms with Crippen LogP contribution in [-0.2, 0) is 23.7 Å². The number of hydrogen-bond donors (Lipinski definition) is 3. The topological polar surface area (TPSA) is 266 Å². The van der Waals surface area contributed by atoms with Crippen molar-refractivity contribution in [1.82, 2.24) is 50.5 Å². The Labute approximate surface area is 537 Å². The molecule has 3 saturated heterocycles. The summed E-state index contributed by atoms with van der Waals surface area (Å²) < 4.78 is 51.1. The van der Waals surface area contributed by atoms with E-state index in [1.165, 1.54) is 0 Å². The molecule has 6 fully saturated rings. The van der Waals surface area contributed by atoms with Crippen LogP contribution in [0.25, 0.3) is 33.1 Å². The number of ether oxygens (including phenoxy) is 9. The molecule has 0 bridgehead atoms. The molecule has 0 unspecified atom stereocenters. The molecular weight excluding hydrogens is 1180 g/mol. The van der Waals surface area contributed by atoms with E-state index in [0.717, 1.165) is 223 Å². The maximum Gasteiger partial charge on any atom is 0.407 e. The number of morpholine rings is 3. The van der Waals surface area contributed by atoms with Gasteiger partial charge >= 0.3 is 12.2 Å². The number of benzene rings is 3. The zero-order valence-corrected chi connectivity index (χ0v) is 53.4. The minimum absolute atomic E-state index is 0.0925. The van der Waals surface area contributed by atoms with Crippen molar-refractivity contribution in [2.75, 3.05) is 119 Å². The third-order valence-electron chi connectivity index (χ3n) is 17.3. The van der Waals surface area contributed by atoms with Gasteiger partial charge < -0.3 is 73.3 Å². The van der Waals surface area contributed by atoms with Gasteiger partial charge in [0.1, 0.15) is 33.8 Å². The molecule has 0 spiro atoms. The molecular formula is C67H88N14O11. The first-order valence-corrected chi connectivity index (χ1v) is 32.8. The number of carbonyl (C=O) groups excluding carboxylic acids is 2. The molecule has 92 heavy (non-hydrogen) atoms. The van der Waals surface area contributed by atoms with Crippen molar-refractivity contribution in [3.05, 3.63) is 86.0 Å². The van der Waals surface area contributed by atoms with Crippen LogP contribution in [-0.4, -0.2) is 188 Å². The highest BCUT2D eigenvalue weighted by molar-refractivity contribution is 5.87. The SMILES string of the molecule is CC(C)COC(=O)NC1CCC(Oc2cc(N3CCOCC3)cc3nccnc23)CC1.CCOC(=O)NC1CCC(Oc2cc(N3CCOCC3)cc3nccnc23)CC1.COc1cnc(NC2CCC(Oc3cc(N4CCOCC4)cc4nccnc34)CC2)nc1. The van der Waals surface area contributed by atoms with E-state index in [-0.39, 0.29) is 42.6 Å². The first-order valence-electron chi connectivity index (χ1n) is 32.8. The van der Waals surface area contributed by atoms with E-state index in [1.54, 1.807) is 56.7 Å². The van der Waals surface area contributed by atoms with Crippen LogP contribution in [0, 0.1) is 5.92 Å². The van der Waals surface area contributed by atoms with Gasteiger partial charge in [-0.25, -0.2) is 34.5 Å².